The highest BCUT2D eigenvalue weighted by Gasteiger charge is 2.09. The number of hydrogen-bond donors (Lipinski definition) is 0. The van der Waals surface area contributed by atoms with E-state index >= 15 is 0 Å². The minimum atomic E-state index is -0.407. The molecular formula is C12H16N2O4. The maximum absolute atomic E-state index is 11.6. The molecule has 0 unspecified atom stereocenters. The summed E-state index contributed by atoms with van der Waals surface area (Å²) in [6.07, 6.45) is 1.61. The Morgan fingerprint density at radius 1 is 1.39 bits per heavy atom. The van der Waals surface area contributed by atoms with Gasteiger partial charge in [-0.05, 0) is 19.4 Å². The fourth-order valence-corrected chi connectivity index (χ4v) is 1.36. The molecule has 0 aromatic carbocycles. The van der Waals surface area contributed by atoms with Gasteiger partial charge in [-0.25, -0.2) is 4.68 Å². The number of aromatic nitrogens is 2. The molecule has 0 N–H and O–H groups in total. The van der Waals surface area contributed by atoms with Crippen molar-refractivity contribution in [2.45, 2.75) is 33.2 Å². The first-order chi connectivity index (χ1) is 8.52. The highest BCUT2D eigenvalue weighted by molar-refractivity contribution is 5.82. The highest BCUT2D eigenvalue weighted by Crippen LogP contribution is 1.96. The van der Waals surface area contributed by atoms with E-state index in [0.717, 1.165) is 10.2 Å². The number of ketones is 1. The number of rotatable bonds is 6. The molecule has 0 atom stereocenters. The summed E-state index contributed by atoms with van der Waals surface area (Å²) >= 11 is 0. The average molecular weight is 252 g/mol. The van der Waals surface area contributed by atoms with E-state index in [9.17, 15) is 14.4 Å². The molecule has 1 aromatic heterocycles. The standard InChI is InChI=1S/C12H16N2O4/c1-3-18-12(17)5-4-10(15)8-14-11(16)6-9(2)7-13-14/h6-7H,3-5,8H2,1-2H3. The summed E-state index contributed by atoms with van der Waals surface area (Å²) in [4.78, 5) is 34.1. The summed E-state index contributed by atoms with van der Waals surface area (Å²) in [5.74, 6) is -0.628. The van der Waals surface area contributed by atoms with Crippen LogP contribution in [0.5, 0.6) is 0 Å². The van der Waals surface area contributed by atoms with E-state index in [0.29, 0.717) is 6.61 Å². The van der Waals surface area contributed by atoms with E-state index in [1.165, 1.54) is 12.3 Å². The van der Waals surface area contributed by atoms with E-state index in [2.05, 4.69) is 5.10 Å². The zero-order valence-electron chi connectivity index (χ0n) is 10.5. The largest absolute Gasteiger partial charge is 0.466 e. The smallest absolute Gasteiger partial charge is 0.306 e. The van der Waals surface area contributed by atoms with Gasteiger partial charge in [-0.2, -0.15) is 5.10 Å². The Bertz CT molecular complexity index is 493. The number of nitrogens with zero attached hydrogens (tertiary/aromatic N) is 2. The molecular weight excluding hydrogens is 236 g/mol. The van der Waals surface area contributed by atoms with E-state index in [4.69, 9.17) is 4.74 Å². The van der Waals surface area contributed by atoms with Crippen LogP contribution in [0, 0.1) is 6.92 Å². The van der Waals surface area contributed by atoms with Gasteiger partial charge < -0.3 is 4.74 Å². The zero-order chi connectivity index (χ0) is 13.5. The Labute approximate surface area is 105 Å². The predicted molar refractivity (Wildman–Crippen MR) is 64.1 cm³/mol. The van der Waals surface area contributed by atoms with Crippen molar-refractivity contribution in [3.8, 4) is 0 Å². The first-order valence-electron chi connectivity index (χ1n) is 5.74. The summed E-state index contributed by atoms with van der Waals surface area (Å²) in [6, 6.07) is 1.41. The maximum atomic E-state index is 11.6. The number of carbonyl (C=O) groups excluding carboxylic acids is 2. The van der Waals surface area contributed by atoms with E-state index in [1.807, 2.05) is 0 Å². The van der Waals surface area contributed by atoms with Crippen LogP contribution >= 0.6 is 0 Å². The van der Waals surface area contributed by atoms with Gasteiger partial charge in [-0.3, -0.25) is 14.4 Å². The van der Waals surface area contributed by atoms with Crippen molar-refractivity contribution in [2.75, 3.05) is 6.61 Å². The van der Waals surface area contributed by atoms with E-state index in [-0.39, 0.29) is 30.7 Å². The number of ether oxygens (including phenoxy) is 1. The van der Waals surface area contributed by atoms with E-state index in [1.54, 1.807) is 13.8 Å². The van der Waals surface area contributed by atoms with E-state index < -0.39 is 5.97 Å². The molecule has 6 nitrogen and oxygen atoms in total. The lowest BCUT2D eigenvalue weighted by Gasteiger charge is -2.04. The molecule has 98 valence electrons. The second-order valence-corrected chi connectivity index (χ2v) is 3.87. The van der Waals surface area contributed by atoms with Crippen LogP contribution in [0.3, 0.4) is 0 Å². The van der Waals surface area contributed by atoms with Crippen molar-refractivity contribution >= 4 is 11.8 Å². The number of carbonyl (C=O) groups is 2. The predicted octanol–water partition coefficient (Wildman–Crippen LogP) is 0.464. The Morgan fingerprint density at radius 3 is 2.72 bits per heavy atom. The lowest BCUT2D eigenvalue weighted by Crippen LogP contribution is -2.26. The number of aryl methyl sites for hydroxylation is 1. The second kappa shape index (κ2) is 6.68. The number of hydrogen-bond acceptors (Lipinski definition) is 5. The highest BCUT2D eigenvalue weighted by atomic mass is 16.5. The number of Topliss-reactive ketones (excluding diaryl/α,β-unsaturated/α-hetero) is 1. The van der Waals surface area contributed by atoms with Crippen LogP contribution in [0.1, 0.15) is 25.3 Å². The van der Waals surface area contributed by atoms with Gasteiger partial charge in [0, 0.05) is 12.5 Å². The second-order valence-electron chi connectivity index (χ2n) is 3.87. The van der Waals surface area contributed by atoms with Crippen molar-refractivity contribution in [1.82, 2.24) is 9.78 Å². The van der Waals surface area contributed by atoms with Gasteiger partial charge in [0.05, 0.1) is 19.2 Å². The average Bonchev–Trinajstić information content (AvgIpc) is 2.31. The molecule has 0 saturated heterocycles. The van der Waals surface area contributed by atoms with Crippen molar-refractivity contribution < 1.29 is 14.3 Å². The van der Waals surface area contributed by atoms with Crippen molar-refractivity contribution in [3.05, 3.63) is 28.2 Å². The Morgan fingerprint density at radius 2 is 2.11 bits per heavy atom. The van der Waals surface area contributed by atoms with Crippen LogP contribution in [0.25, 0.3) is 0 Å². The Balaban J connectivity index is 2.50. The molecule has 1 heterocycles. The fraction of sp³-hybridized carbons (Fsp3) is 0.500. The van der Waals surface area contributed by atoms with Crippen molar-refractivity contribution in [2.24, 2.45) is 0 Å². The number of esters is 1. The molecule has 0 aliphatic rings. The van der Waals surface area contributed by atoms with Gasteiger partial charge in [0.2, 0.25) is 0 Å². The van der Waals surface area contributed by atoms with Crippen molar-refractivity contribution in [1.29, 1.82) is 0 Å². The molecule has 0 aliphatic carbocycles. The molecule has 1 aromatic rings. The molecule has 0 aliphatic heterocycles. The van der Waals surface area contributed by atoms with Crippen LogP contribution in [0.15, 0.2) is 17.1 Å². The minimum Gasteiger partial charge on any atom is -0.466 e. The van der Waals surface area contributed by atoms with Gasteiger partial charge >= 0.3 is 5.97 Å². The summed E-state index contributed by atoms with van der Waals surface area (Å²) in [6.45, 7) is 3.64. The Kier molecular flexibility index (Phi) is 5.23. The first kappa shape index (κ1) is 14.1. The summed E-state index contributed by atoms with van der Waals surface area (Å²) in [5, 5.41) is 3.85. The van der Waals surface area contributed by atoms with Gasteiger partial charge in [-0.15, -0.1) is 0 Å². The summed E-state index contributed by atoms with van der Waals surface area (Å²) in [5.41, 5.74) is 0.426. The van der Waals surface area contributed by atoms with Crippen LogP contribution in [0.4, 0.5) is 0 Å². The lowest BCUT2D eigenvalue weighted by molar-refractivity contribution is -0.144. The van der Waals surface area contributed by atoms with Crippen LogP contribution < -0.4 is 5.56 Å². The van der Waals surface area contributed by atoms with Gasteiger partial charge in [-0.1, -0.05) is 0 Å². The van der Waals surface area contributed by atoms with Gasteiger partial charge in [0.15, 0.2) is 5.78 Å². The summed E-state index contributed by atoms with van der Waals surface area (Å²) < 4.78 is 5.79. The third-order valence-electron chi connectivity index (χ3n) is 2.25. The third-order valence-corrected chi connectivity index (χ3v) is 2.25. The zero-order valence-corrected chi connectivity index (χ0v) is 10.5. The van der Waals surface area contributed by atoms with Gasteiger partial charge in [0.1, 0.15) is 6.54 Å². The molecule has 0 spiro atoms. The quantitative estimate of drug-likeness (QED) is 0.687. The molecule has 18 heavy (non-hydrogen) atoms. The van der Waals surface area contributed by atoms with Gasteiger partial charge in [0.25, 0.3) is 5.56 Å². The molecule has 0 amide bonds. The minimum absolute atomic E-state index is 0.0350. The first-order valence-corrected chi connectivity index (χ1v) is 5.74. The summed E-state index contributed by atoms with van der Waals surface area (Å²) in [7, 11) is 0. The maximum Gasteiger partial charge on any atom is 0.306 e. The van der Waals surface area contributed by atoms with Crippen LogP contribution in [0.2, 0.25) is 0 Å². The Hall–Kier alpha value is -1.98. The molecule has 0 fully saturated rings. The third kappa shape index (κ3) is 4.48. The lowest BCUT2D eigenvalue weighted by atomic mass is 10.2. The monoisotopic (exact) mass is 252 g/mol. The van der Waals surface area contributed by atoms with Crippen LogP contribution in [-0.2, 0) is 20.9 Å². The molecule has 6 heteroatoms. The molecule has 0 saturated carbocycles. The SMILES string of the molecule is CCOC(=O)CCC(=O)Cn1ncc(C)cc1=O. The molecule has 0 radical (unpaired) electrons. The van der Waals surface area contributed by atoms with Crippen LogP contribution in [-0.4, -0.2) is 28.1 Å². The molecule has 0 bridgehead atoms. The topological polar surface area (TPSA) is 78.3 Å². The normalized spacial score (nSPS) is 10.1. The fourth-order valence-electron chi connectivity index (χ4n) is 1.36. The molecule has 1 rings (SSSR count). The van der Waals surface area contributed by atoms with Crippen molar-refractivity contribution in [3.63, 3.8) is 0 Å².